The van der Waals surface area contributed by atoms with Gasteiger partial charge in [-0.3, -0.25) is 4.79 Å². The van der Waals surface area contributed by atoms with Gasteiger partial charge >= 0.3 is 0 Å². The summed E-state index contributed by atoms with van der Waals surface area (Å²) in [6.07, 6.45) is 5.62. The van der Waals surface area contributed by atoms with Gasteiger partial charge in [0, 0.05) is 45.3 Å². The number of methoxy groups -OCH3 is 1. The normalized spacial score (nSPS) is 17.3. The Morgan fingerprint density at radius 1 is 1.38 bits per heavy atom. The lowest BCUT2D eigenvalue weighted by Crippen LogP contribution is -2.41. The molecule has 3 heterocycles. The van der Waals surface area contributed by atoms with Gasteiger partial charge in [-0.05, 0) is 37.8 Å². The smallest absolute Gasteiger partial charge is 0.255 e. The molecule has 1 unspecified atom stereocenters. The lowest BCUT2D eigenvalue weighted by atomic mass is 9.98. The van der Waals surface area contributed by atoms with E-state index in [-0.39, 0.29) is 5.91 Å². The molecule has 0 bridgehead atoms. The summed E-state index contributed by atoms with van der Waals surface area (Å²) in [7, 11) is 3.67. The Bertz CT molecular complexity index is 726. The number of anilines is 1. The molecule has 1 amide bonds. The predicted octanol–water partition coefficient (Wildman–Crippen LogP) is 2.25. The van der Waals surface area contributed by atoms with Crippen molar-refractivity contribution in [1.82, 2.24) is 19.9 Å². The molecule has 1 aliphatic rings. The van der Waals surface area contributed by atoms with Crippen LogP contribution in [-0.4, -0.2) is 59.6 Å². The Balaban J connectivity index is 1.62. The van der Waals surface area contributed by atoms with Crippen LogP contribution in [0.1, 0.15) is 34.7 Å². The Kier molecular flexibility index (Phi) is 5.88. The summed E-state index contributed by atoms with van der Waals surface area (Å²) in [4.78, 5) is 28.7. The zero-order valence-corrected chi connectivity index (χ0v) is 15.7. The van der Waals surface area contributed by atoms with Crippen LogP contribution in [0.2, 0.25) is 0 Å². The molecule has 1 fully saturated rings. The average Bonchev–Trinajstić information content (AvgIpc) is 3.06. The summed E-state index contributed by atoms with van der Waals surface area (Å²) in [5, 5.41) is 0. The van der Waals surface area contributed by atoms with Crippen molar-refractivity contribution >= 4 is 11.7 Å². The number of rotatable bonds is 6. The molecule has 1 atom stereocenters. The van der Waals surface area contributed by atoms with Crippen LogP contribution in [0.15, 0.2) is 24.5 Å². The van der Waals surface area contributed by atoms with Gasteiger partial charge in [-0.25, -0.2) is 9.97 Å². The molecule has 0 spiro atoms. The van der Waals surface area contributed by atoms with Gasteiger partial charge in [0.1, 0.15) is 11.6 Å². The molecule has 7 nitrogen and oxygen atoms in total. The standard InChI is InChI=1S/C19H27N5O2/c1-14-9-20-17(22-14)12-23(2)18-7-6-16(10-21-18)19(25)24-8-4-5-15(11-24)13-26-3/h6-7,9-10,15H,4-5,8,11-13H2,1-3H3,(H,20,22). The number of pyridine rings is 1. The maximum atomic E-state index is 12.7. The van der Waals surface area contributed by atoms with E-state index in [2.05, 4.69) is 15.0 Å². The molecule has 0 aromatic carbocycles. The van der Waals surface area contributed by atoms with E-state index >= 15 is 0 Å². The van der Waals surface area contributed by atoms with Gasteiger partial charge in [0.05, 0.1) is 18.7 Å². The Morgan fingerprint density at radius 3 is 2.88 bits per heavy atom. The maximum absolute atomic E-state index is 12.7. The molecule has 2 aromatic rings. The van der Waals surface area contributed by atoms with Crippen molar-refractivity contribution in [2.24, 2.45) is 5.92 Å². The number of H-pyrrole nitrogens is 1. The summed E-state index contributed by atoms with van der Waals surface area (Å²) in [6, 6.07) is 3.74. The number of hydrogen-bond donors (Lipinski definition) is 1. The van der Waals surface area contributed by atoms with Crippen molar-refractivity contribution < 1.29 is 9.53 Å². The maximum Gasteiger partial charge on any atom is 0.255 e. The van der Waals surface area contributed by atoms with Crippen LogP contribution >= 0.6 is 0 Å². The lowest BCUT2D eigenvalue weighted by molar-refractivity contribution is 0.0570. The van der Waals surface area contributed by atoms with E-state index in [4.69, 9.17) is 4.74 Å². The Hall–Kier alpha value is -2.41. The number of hydrogen-bond acceptors (Lipinski definition) is 5. The molecule has 7 heteroatoms. The fourth-order valence-corrected chi connectivity index (χ4v) is 3.40. The van der Waals surface area contributed by atoms with Gasteiger partial charge in [0.15, 0.2) is 0 Å². The van der Waals surface area contributed by atoms with Crippen LogP contribution in [0, 0.1) is 12.8 Å². The summed E-state index contributed by atoms with van der Waals surface area (Å²) in [6.45, 7) is 4.88. The lowest BCUT2D eigenvalue weighted by Gasteiger charge is -2.32. The minimum atomic E-state index is 0.0502. The minimum absolute atomic E-state index is 0.0502. The summed E-state index contributed by atoms with van der Waals surface area (Å²) in [5.74, 6) is 2.18. The number of aromatic amines is 1. The first-order valence-electron chi connectivity index (χ1n) is 9.02. The fraction of sp³-hybridized carbons (Fsp3) is 0.526. The van der Waals surface area contributed by atoms with E-state index in [1.807, 2.05) is 42.1 Å². The van der Waals surface area contributed by atoms with Gasteiger partial charge in [0.2, 0.25) is 0 Å². The molecule has 140 valence electrons. The van der Waals surface area contributed by atoms with Gasteiger partial charge in [-0.2, -0.15) is 0 Å². The monoisotopic (exact) mass is 357 g/mol. The molecule has 1 saturated heterocycles. The van der Waals surface area contributed by atoms with Crippen molar-refractivity contribution in [2.75, 3.05) is 38.8 Å². The number of aryl methyl sites for hydroxylation is 1. The number of piperidine rings is 1. The number of nitrogens with zero attached hydrogens (tertiary/aromatic N) is 4. The second-order valence-corrected chi connectivity index (χ2v) is 6.99. The number of carbonyl (C=O) groups excluding carboxylic acids is 1. The van der Waals surface area contributed by atoms with E-state index in [0.29, 0.717) is 24.6 Å². The highest BCUT2D eigenvalue weighted by Crippen LogP contribution is 2.19. The number of aromatic nitrogens is 3. The minimum Gasteiger partial charge on any atom is -0.384 e. The molecule has 0 aliphatic carbocycles. The fourth-order valence-electron chi connectivity index (χ4n) is 3.40. The van der Waals surface area contributed by atoms with Crippen molar-refractivity contribution in [3.63, 3.8) is 0 Å². The first-order chi connectivity index (χ1) is 12.6. The second-order valence-electron chi connectivity index (χ2n) is 6.99. The van der Waals surface area contributed by atoms with Gasteiger partial charge in [-0.1, -0.05) is 0 Å². The van der Waals surface area contributed by atoms with Crippen LogP contribution in [0.5, 0.6) is 0 Å². The molecule has 2 aromatic heterocycles. The summed E-state index contributed by atoms with van der Waals surface area (Å²) < 4.78 is 5.24. The molecule has 3 rings (SSSR count). The van der Waals surface area contributed by atoms with Crippen molar-refractivity contribution in [2.45, 2.75) is 26.3 Å². The largest absolute Gasteiger partial charge is 0.384 e. The number of likely N-dealkylation sites (tertiary alicyclic amines) is 1. The molecular weight excluding hydrogens is 330 g/mol. The van der Waals surface area contributed by atoms with Crippen LogP contribution in [0.3, 0.4) is 0 Å². The molecule has 0 radical (unpaired) electrons. The van der Waals surface area contributed by atoms with E-state index < -0.39 is 0 Å². The number of carbonyl (C=O) groups is 1. The number of imidazole rings is 1. The highest BCUT2D eigenvalue weighted by molar-refractivity contribution is 5.94. The predicted molar refractivity (Wildman–Crippen MR) is 100 cm³/mol. The third kappa shape index (κ3) is 4.40. The molecule has 26 heavy (non-hydrogen) atoms. The second kappa shape index (κ2) is 8.31. The van der Waals surface area contributed by atoms with Gasteiger partial charge in [-0.15, -0.1) is 0 Å². The van der Waals surface area contributed by atoms with Crippen LogP contribution in [0.4, 0.5) is 5.82 Å². The molecule has 0 saturated carbocycles. The zero-order chi connectivity index (χ0) is 18.5. The van der Waals surface area contributed by atoms with Crippen molar-refractivity contribution in [3.05, 3.63) is 41.6 Å². The summed E-state index contributed by atoms with van der Waals surface area (Å²) >= 11 is 0. The van der Waals surface area contributed by atoms with Gasteiger partial charge in [0.25, 0.3) is 5.91 Å². The first-order valence-corrected chi connectivity index (χ1v) is 9.02. The SMILES string of the molecule is COCC1CCCN(C(=O)c2ccc(N(C)Cc3ncc(C)[nH]3)nc2)C1. The van der Waals surface area contributed by atoms with E-state index in [1.54, 1.807) is 13.3 Å². The van der Waals surface area contributed by atoms with E-state index in [0.717, 1.165) is 43.3 Å². The highest BCUT2D eigenvalue weighted by Gasteiger charge is 2.24. The number of nitrogens with one attached hydrogen (secondary N) is 1. The topological polar surface area (TPSA) is 74.3 Å². The van der Waals surface area contributed by atoms with Gasteiger partial charge < -0.3 is 19.5 Å². The van der Waals surface area contributed by atoms with Crippen molar-refractivity contribution in [3.8, 4) is 0 Å². The summed E-state index contributed by atoms with van der Waals surface area (Å²) in [5.41, 5.74) is 1.67. The third-order valence-corrected chi connectivity index (χ3v) is 4.74. The Labute approximate surface area is 154 Å². The number of amides is 1. The van der Waals surface area contributed by atoms with Crippen LogP contribution in [0.25, 0.3) is 0 Å². The molecule has 1 N–H and O–H groups in total. The quantitative estimate of drug-likeness (QED) is 0.858. The average molecular weight is 357 g/mol. The zero-order valence-electron chi connectivity index (χ0n) is 15.7. The van der Waals surface area contributed by atoms with Crippen LogP contribution in [-0.2, 0) is 11.3 Å². The Morgan fingerprint density at radius 2 is 2.23 bits per heavy atom. The number of ether oxygens (including phenoxy) is 1. The van der Waals surface area contributed by atoms with Crippen molar-refractivity contribution in [1.29, 1.82) is 0 Å². The third-order valence-electron chi connectivity index (χ3n) is 4.74. The van der Waals surface area contributed by atoms with E-state index in [1.165, 1.54) is 0 Å². The first kappa shape index (κ1) is 18.4. The highest BCUT2D eigenvalue weighted by atomic mass is 16.5. The van der Waals surface area contributed by atoms with Crippen LogP contribution < -0.4 is 4.90 Å². The van der Waals surface area contributed by atoms with E-state index in [9.17, 15) is 4.79 Å². The molecular formula is C19H27N5O2. The molecule has 1 aliphatic heterocycles.